The Bertz CT molecular complexity index is 1670. The number of benzene rings is 4. The topological polar surface area (TPSA) is 58.2 Å². The molecule has 2 N–H and O–H groups in total. The number of hydrogen-bond acceptors (Lipinski definition) is 4. The minimum absolute atomic E-state index is 0.0410. The number of carbonyl (C=O) groups is 2. The van der Waals surface area contributed by atoms with E-state index in [-0.39, 0.29) is 11.6 Å². The van der Waals surface area contributed by atoms with Gasteiger partial charge in [0.25, 0.3) is 0 Å². The fourth-order valence-electron chi connectivity index (χ4n) is 4.83. The molecule has 0 amide bonds. The Balaban J connectivity index is 1.57. The number of rotatable bonds is 5. The molecule has 0 saturated carbocycles. The van der Waals surface area contributed by atoms with Gasteiger partial charge in [-0.25, -0.2) is 0 Å². The molecule has 0 aliphatic heterocycles. The summed E-state index contributed by atoms with van der Waals surface area (Å²) in [7, 11) is 0. The molecule has 38 heavy (non-hydrogen) atoms. The van der Waals surface area contributed by atoms with E-state index in [1.807, 2.05) is 48.6 Å². The first-order chi connectivity index (χ1) is 18.7. The van der Waals surface area contributed by atoms with Gasteiger partial charge < -0.3 is 10.6 Å². The van der Waals surface area contributed by atoms with Crippen LogP contribution in [0.2, 0.25) is 0 Å². The molecular weight excluding hydrogens is 468 g/mol. The Morgan fingerprint density at radius 2 is 0.895 bits per heavy atom. The smallest absolute Gasteiger partial charge is 0.187 e. The summed E-state index contributed by atoms with van der Waals surface area (Å²) in [5.74, 6) is -0.0820. The number of hydrogen-bond donors (Lipinski definition) is 2. The average molecular weight is 493 g/mol. The van der Waals surface area contributed by atoms with E-state index in [9.17, 15) is 9.59 Å². The highest BCUT2D eigenvalue weighted by Gasteiger charge is 2.17. The van der Waals surface area contributed by atoms with Gasteiger partial charge in [-0.05, 0) is 58.0 Å². The zero-order chi connectivity index (χ0) is 25.9. The molecule has 0 saturated heterocycles. The highest BCUT2D eigenvalue weighted by molar-refractivity contribution is 6.14. The number of nitrogens with one attached hydrogen (secondary N) is 2. The Morgan fingerprint density at radius 3 is 1.34 bits per heavy atom. The van der Waals surface area contributed by atoms with Gasteiger partial charge in [-0.1, -0.05) is 85.0 Å². The second-order valence-corrected chi connectivity index (χ2v) is 9.07. The van der Waals surface area contributed by atoms with Crippen LogP contribution in [0.25, 0.3) is 32.7 Å². The molecular formula is C34H24N2O2. The molecule has 0 fully saturated rings. The second kappa shape index (κ2) is 10.0. The summed E-state index contributed by atoms with van der Waals surface area (Å²) in [6, 6.07) is 24.8. The minimum atomic E-state index is -0.0410. The van der Waals surface area contributed by atoms with E-state index in [4.69, 9.17) is 0 Å². The molecule has 2 aliphatic rings. The summed E-state index contributed by atoms with van der Waals surface area (Å²) >= 11 is 0. The van der Waals surface area contributed by atoms with E-state index < -0.39 is 0 Å². The van der Waals surface area contributed by atoms with Crippen molar-refractivity contribution in [2.24, 2.45) is 0 Å². The van der Waals surface area contributed by atoms with Crippen LogP contribution in [-0.4, -0.2) is 11.6 Å². The third kappa shape index (κ3) is 4.40. The molecule has 0 radical (unpaired) electrons. The fraction of sp³-hybridized carbons (Fsp3) is 0. The first-order valence-corrected chi connectivity index (χ1v) is 12.4. The van der Waals surface area contributed by atoms with E-state index in [1.165, 1.54) is 0 Å². The quantitative estimate of drug-likeness (QED) is 0.281. The van der Waals surface area contributed by atoms with E-state index in [2.05, 4.69) is 47.0 Å². The largest absolute Gasteiger partial charge is 0.360 e. The summed E-state index contributed by atoms with van der Waals surface area (Å²) in [6.45, 7) is 0. The molecule has 4 heteroatoms. The van der Waals surface area contributed by atoms with Gasteiger partial charge in [0, 0.05) is 46.0 Å². The lowest BCUT2D eigenvalue weighted by atomic mass is 9.91. The first-order valence-electron chi connectivity index (χ1n) is 12.4. The summed E-state index contributed by atoms with van der Waals surface area (Å²) in [4.78, 5) is 24.7. The molecule has 0 bridgehead atoms. The monoisotopic (exact) mass is 492 g/mol. The Morgan fingerprint density at radius 1 is 0.474 bits per heavy atom. The summed E-state index contributed by atoms with van der Waals surface area (Å²) in [5, 5.41) is 11.2. The van der Waals surface area contributed by atoms with Gasteiger partial charge in [0.2, 0.25) is 0 Å². The fourth-order valence-corrected chi connectivity index (χ4v) is 4.83. The van der Waals surface area contributed by atoms with Gasteiger partial charge in [0.1, 0.15) is 0 Å². The van der Waals surface area contributed by atoms with Crippen LogP contribution in [0.3, 0.4) is 0 Å². The van der Waals surface area contributed by atoms with Crippen LogP contribution < -0.4 is 10.6 Å². The van der Waals surface area contributed by atoms with Crippen LogP contribution in [0, 0.1) is 0 Å². The minimum Gasteiger partial charge on any atom is -0.360 e. The van der Waals surface area contributed by atoms with Crippen molar-refractivity contribution in [3.05, 3.63) is 145 Å². The Labute approximate surface area is 220 Å². The molecule has 0 aromatic heterocycles. The highest BCUT2D eigenvalue weighted by Crippen LogP contribution is 2.43. The lowest BCUT2D eigenvalue weighted by molar-refractivity contribution is -0.111. The van der Waals surface area contributed by atoms with Crippen LogP contribution >= 0.6 is 0 Å². The Hall–Kier alpha value is -5.22. The van der Waals surface area contributed by atoms with E-state index in [0.29, 0.717) is 11.1 Å². The molecule has 182 valence electrons. The van der Waals surface area contributed by atoms with E-state index in [1.54, 1.807) is 48.9 Å². The van der Waals surface area contributed by atoms with Crippen molar-refractivity contribution in [3.63, 3.8) is 0 Å². The maximum atomic E-state index is 12.4. The average Bonchev–Trinajstić information content (AvgIpc) is 2.96. The maximum absolute atomic E-state index is 12.4. The van der Waals surface area contributed by atoms with Gasteiger partial charge in [0.15, 0.2) is 11.6 Å². The molecule has 4 aromatic carbocycles. The van der Waals surface area contributed by atoms with Gasteiger partial charge >= 0.3 is 0 Å². The van der Waals surface area contributed by atoms with Crippen LogP contribution in [-0.2, 0) is 9.59 Å². The predicted molar refractivity (Wildman–Crippen MR) is 157 cm³/mol. The molecule has 6 rings (SSSR count). The van der Waals surface area contributed by atoms with Crippen molar-refractivity contribution in [1.29, 1.82) is 0 Å². The van der Waals surface area contributed by atoms with E-state index >= 15 is 0 Å². The number of anilines is 2. The van der Waals surface area contributed by atoms with Crippen LogP contribution in [0.5, 0.6) is 0 Å². The molecule has 0 spiro atoms. The number of ketones is 2. The zero-order valence-corrected chi connectivity index (χ0v) is 20.5. The number of allylic oxidation sites excluding steroid dienone is 10. The van der Waals surface area contributed by atoms with Crippen LogP contribution in [0.1, 0.15) is 0 Å². The van der Waals surface area contributed by atoms with Crippen LogP contribution in [0.15, 0.2) is 145 Å². The van der Waals surface area contributed by atoms with Gasteiger partial charge in [-0.15, -0.1) is 0 Å². The lowest BCUT2D eigenvalue weighted by Crippen LogP contribution is -2.04. The predicted octanol–water partition coefficient (Wildman–Crippen LogP) is 7.64. The molecule has 4 nitrogen and oxygen atoms in total. The van der Waals surface area contributed by atoms with Gasteiger partial charge in [-0.2, -0.15) is 0 Å². The molecule has 4 aromatic rings. The SMILES string of the molecule is O=C1C=CC=C/C1=C\Nc1ccc2ccccc2c1-c1c(N/C=C2\C=CC=CC2=O)ccc2ccccc12. The maximum Gasteiger partial charge on any atom is 0.187 e. The number of carbonyl (C=O) groups excluding carboxylic acids is 2. The van der Waals surface area contributed by atoms with Crippen molar-refractivity contribution in [2.45, 2.75) is 0 Å². The van der Waals surface area contributed by atoms with E-state index in [0.717, 1.165) is 44.0 Å². The summed E-state index contributed by atoms with van der Waals surface area (Å²) in [5.41, 5.74) is 4.93. The molecule has 0 atom stereocenters. The molecule has 0 unspecified atom stereocenters. The normalized spacial score (nSPS) is 16.7. The van der Waals surface area contributed by atoms with Gasteiger partial charge in [-0.3, -0.25) is 9.59 Å². The molecule has 0 heterocycles. The van der Waals surface area contributed by atoms with Crippen molar-refractivity contribution in [3.8, 4) is 11.1 Å². The van der Waals surface area contributed by atoms with Crippen molar-refractivity contribution >= 4 is 44.5 Å². The highest BCUT2D eigenvalue weighted by atomic mass is 16.1. The second-order valence-electron chi connectivity index (χ2n) is 9.07. The summed E-state index contributed by atoms with van der Waals surface area (Å²) < 4.78 is 0. The third-order valence-corrected chi connectivity index (χ3v) is 6.71. The standard InChI is InChI=1S/C34H24N2O2/c37-31-15-7-3-11-25(31)21-35-29-19-17-23-9-1-5-13-27(23)33(29)34-28-14-6-2-10-24(28)18-20-30(34)36-22-26-12-4-8-16-32(26)38/h1-22,35-36H/b25-21+,26-22+. The summed E-state index contributed by atoms with van der Waals surface area (Å²) in [6.07, 6.45) is 17.4. The first kappa shape index (κ1) is 23.2. The van der Waals surface area contributed by atoms with Crippen molar-refractivity contribution in [2.75, 3.05) is 10.6 Å². The zero-order valence-electron chi connectivity index (χ0n) is 20.5. The van der Waals surface area contributed by atoms with Gasteiger partial charge in [0.05, 0.1) is 0 Å². The third-order valence-electron chi connectivity index (χ3n) is 6.71. The number of fused-ring (bicyclic) bond motifs is 2. The van der Waals surface area contributed by atoms with Crippen molar-refractivity contribution in [1.82, 2.24) is 0 Å². The van der Waals surface area contributed by atoms with Crippen molar-refractivity contribution < 1.29 is 9.59 Å². The lowest BCUT2D eigenvalue weighted by Gasteiger charge is -2.20. The Kier molecular flexibility index (Phi) is 6.12. The molecule has 2 aliphatic carbocycles. The van der Waals surface area contributed by atoms with Crippen LogP contribution in [0.4, 0.5) is 11.4 Å².